The highest BCUT2D eigenvalue weighted by Gasteiger charge is 2.32. The Bertz CT molecular complexity index is 1160. The highest BCUT2D eigenvalue weighted by molar-refractivity contribution is 7.12. The molecule has 2 aromatic carbocycles. The van der Waals surface area contributed by atoms with Gasteiger partial charge < -0.3 is 16.0 Å². The summed E-state index contributed by atoms with van der Waals surface area (Å²) in [6.07, 6.45) is 0.733. The summed E-state index contributed by atoms with van der Waals surface area (Å²) in [5.41, 5.74) is 5.17. The first kappa shape index (κ1) is 22.0. The Morgan fingerprint density at radius 3 is 2.56 bits per heavy atom. The van der Waals surface area contributed by atoms with Gasteiger partial charge in [-0.1, -0.05) is 18.2 Å². The van der Waals surface area contributed by atoms with Crippen LogP contribution in [0.4, 0.5) is 10.1 Å². The van der Waals surface area contributed by atoms with Gasteiger partial charge in [0.2, 0.25) is 0 Å². The molecule has 2 atom stereocenters. The van der Waals surface area contributed by atoms with Crippen molar-refractivity contribution in [2.24, 2.45) is 0 Å². The molecule has 0 bridgehead atoms. The van der Waals surface area contributed by atoms with Gasteiger partial charge >= 0.3 is 0 Å². The molecule has 3 N–H and O–H groups in total. The Kier molecular flexibility index (Phi) is 6.28. The lowest BCUT2D eigenvalue weighted by atomic mass is 9.89. The first-order valence-electron chi connectivity index (χ1n) is 10.6. The molecule has 1 aliphatic heterocycles. The fourth-order valence-corrected chi connectivity index (χ4v) is 5.12. The van der Waals surface area contributed by atoms with E-state index in [9.17, 15) is 14.0 Å². The summed E-state index contributed by atoms with van der Waals surface area (Å²) in [5.74, 6) is -0.315. The number of anilines is 1. The number of benzene rings is 2. The van der Waals surface area contributed by atoms with E-state index in [-0.39, 0.29) is 29.6 Å². The number of nitrogens with one attached hydrogen (secondary N) is 3. The Morgan fingerprint density at radius 1 is 1.09 bits per heavy atom. The summed E-state index contributed by atoms with van der Waals surface area (Å²) in [6.45, 7) is 4.56. The maximum atomic E-state index is 14.2. The smallest absolute Gasteiger partial charge is 0.261 e. The molecule has 2 amide bonds. The summed E-state index contributed by atoms with van der Waals surface area (Å²) in [6, 6.07) is 12.6. The average molecular weight is 452 g/mol. The van der Waals surface area contributed by atoms with E-state index in [0.29, 0.717) is 22.7 Å². The molecule has 0 aliphatic carbocycles. The molecule has 0 saturated carbocycles. The highest BCUT2D eigenvalue weighted by Crippen LogP contribution is 2.41. The van der Waals surface area contributed by atoms with Crippen LogP contribution in [0.2, 0.25) is 0 Å². The van der Waals surface area contributed by atoms with Gasteiger partial charge in [-0.3, -0.25) is 9.59 Å². The summed E-state index contributed by atoms with van der Waals surface area (Å²) in [4.78, 5) is 25.0. The minimum atomic E-state index is -0.224. The molecular formula is C25H26FN3O2S. The fourth-order valence-electron chi connectivity index (χ4n) is 4.29. The second-order valence-electron chi connectivity index (χ2n) is 8.09. The van der Waals surface area contributed by atoms with Gasteiger partial charge in [0.25, 0.3) is 11.8 Å². The molecule has 7 heteroatoms. The van der Waals surface area contributed by atoms with Crippen LogP contribution in [0, 0.1) is 12.7 Å². The Balaban J connectivity index is 1.38. The lowest BCUT2D eigenvalue weighted by Crippen LogP contribution is -2.27. The average Bonchev–Trinajstić information content (AvgIpc) is 3.42. The SMILES string of the molecule is CNC(=O)c1ccc(-c2csc(C(=O)NCCC3c4c(C)ccc(F)c4NC3C)c2)cc1. The molecule has 0 radical (unpaired) electrons. The monoisotopic (exact) mass is 451 g/mol. The molecule has 1 aromatic heterocycles. The number of hydrogen-bond donors (Lipinski definition) is 3. The number of rotatable bonds is 6. The van der Waals surface area contributed by atoms with Crippen LogP contribution in [0.15, 0.2) is 47.8 Å². The Morgan fingerprint density at radius 2 is 1.84 bits per heavy atom. The summed E-state index contributed by atoms with van der Waals surface area (Å²) >= 11 is 1.39. The quantitative estimate of drug-likeness (QED) is 0.497. The van der Waals surface area contributed by atoms with E-state index < -0.39 is 0 Å². The maximum Gasteiger partial charge on any atom is 0.261 e. The standard InChI is InChI=1S/C25H26FN3O2S/c1-14-4-9-20(26)23-22(14)19(15(2)29-23)10-11-28-25(31)21-12-18(13-32-21)16-5-7-17(8-6-16)24(30)27-3/h4-9,12-13,15,19,29H,10-11H2,1-3H3,(H,27,30)(H,28,31). The molecule has 3 aromatic rings. The van der Waals surface area contributed by atoms with E-state index in [1.807, 2.05) is 43.5 Å². The molecule has 2 heterocycles. The molecule has 166 valence electrons. The number of thiophene rings is 1. The van der Waals surface area contributed by atoms with Crippen LogP contribution in [0.3, 0.4) is 0 Å². The van der Waals surface area contributed by atoms with Crippen molar-refractivity contribution >= 4 is 28.8 Å². The third-order valence-electron chi connectivity index (χ3n) is 6.03. The van der Waals surface area contributed by atoms with Crippen LogP contribution >= 0.6 is 11.3 Å². The second kappa shape index (κ2) is 9.12. The topological polar surface area (TPSA) is 70.2 Å². The molecule has 4 rings (SSSR count). The molecule has 2 unspecified atom stereocenters. The number of fused-ring (bicyclic) bond motifs is 1. The van der Waals surface area contributed by atoms with Crippen molar-refractivity contribution in [3.05, 3.63) is 75.2 Å². The first-order chi connectivity index (χ1) is 15.4. The molecule has 1 aliphatic rings. The van der Waals surface area contributed by atoms with Gasteiger partial charge in [-0.2, -0.15) is 0 Å². The van der Waals surface area contributed by atoms with Crippen LogP contribution in [0.5, 0.6) is 0 Å². The van der Waals surface area contributed by atoms with Crippen molar-refractivity contribution in [1.29, 1.82) is 0 Å². The largest absolute Gasteiger partial charge is 0.379 e. The highest BCUT2D eigenvalue weighted by atomic mass is 32.1. The number of amides is 2. The zero-order valence-electron chi connectivity index (χ0n) is 18.3. The third kappa shape index (κ3) is 4.25. The van der Waals surface area contributed by atoms with E-state index in [2.05, 4.69) is 16.0 Å². The van der Waals surface area contributed by atoms with E-state index >= 15 is 0 Å². The van der Waals surface area contributed by atoms with E-state index in [1.54, 1.807) is 19.2 Å². The first-order valence-corrected chi connectivity index (χ1v) is 11.5. The summed E-state index contributed by atoms with van der Waals surface area (Å²) < 4.78 is 14.2. The van der Waals surface area contributed by atoms with Crippen LogP contribution in [0.25, 0.3) is 11.1 Å². The molecule has 32 heavy (non-hydrogen) atoms. The minimum Gasteiger partial charge on any atom is -0.379 e. The summed E-state index contributed by atoms with van der Waals surface area (Å²) in [5, 5.41) is 10.8. The molecule has 5 nitrogen and oxygen atoms in total. The van der Waals surface area contributed by atoms with Gasteiger partial charge in [0.05, 0.1) is 10.6 Å². The Labute approximate surface area is 191 Å². The van der Waals surface area contributed by atoms with E-state index in [1.165, 1.54) is 17.4 Å². The lowest BCUT2D eigenvalue weighted by molar-refractivity contribution is 0.0951. The van der Waals surface area contributed by atoms with Crippen molar-refractivity contribution < 1.29 is 14.0 Å². The second-order valence-corrected chi connectivity index (χ2v) is 9.00. The van der Waals surface area contributed by atoms with Crippen LogP contribution in [0.1, 0.15) is 50.4 Å². The minimum absolute atomic E-state index is 0.113. The van der Waals surface area contributed by atoms with Gasteiger partial charge in [-0.15, -0.1) is 11.3 Å². The van der Waals surface area contributed by atoms with Crippen LogP contribution in [-0.4, -0.2) is 31.4 Å². The number of aryl methyl sites for hydroxylation is 1. The van der Waals surface area contributed by atoms with Gasteiger partial charge in [0, 0.05) is 31.1 Å². The predicted octanol–water partition coefficient (Wildman–Crippen LogP) is 4.94. The van der Waals surface area contributed by atoms with Crippen molar-refractivity contribution in [2.45, 2.75) is 32.2 Å². The summed E-state index contributed by atoms with van der Waals surface area (Å²) in [7, 11) is 1.60. The zero-order valence-corrected chi connectivity index (χ0v) is 19.1. The molecule has 0 spiro atoms. The van der Waals surface area contributed by atoms with Crippen molar-refractivity contribution in [2.75, 3.05) is 18.9 Å². The van der Waals surface area contributed by atoms with Crippen molar-refractivity contribution in [3.63, 3.8) is 0 Å². The number of hydrogen-bond acceptors (Lipinski definition) is 4. The fraction of sp³-hybridized carbons (Fsp3) is 0.280. The predicted molar refractivity (Wildman–Crippen MR) is 127 cm³/mol. The molecule has 0 saturated heterocycles. The molecule has 0 fully saturated rings. The van der Waals surface area contributed by atoms with Crippen molar-refractivity contribution in [3.8, 4) is 11.1 Å². The lowest BCUT2D eigenvalue weighted by Gasteiger charge is -2.17. The Hall–Kier alpha value is -3.19. The van der Waals surface area contributed by atoms with Crippen LogP contribution in [-0.2, 0) is 0 Å². The normalized spacial score (nSPS) is 16.9. The number of carbonyl (C=O) groups is 2. The van der Waals surface area contributed by atoms with Gasteiger partial charge in [-0.05, 0) is 72.2 Å². The van der Waals surface area contributed by atoms with Gasteiger partial charge in [-0.25, -0.2) is 4.39 Å². The molecular weight excluding hydrogens is 425 g/mol. The number of carbonyl (C=O) groups excluding carboxylic acids is 2. The zero-order chi connectivity index (χ0) is 22.8. The third-order valence-corrected chi connectivity index (χ3v) is 6.96. The number of halogens is 1. The van der Waals surface area contributed by atoms with E-state index in [0.717, 1.165) is 28.7 Å². The van der Waals surface area contributed by atoms with Crippen molar-refractivity contribution in [1.82, 2.24) is 10.6 Å². The maximum absolute atomic E-state index is 14.2. The van der Waals surface area contributed by atoms with Gasteiger partial charge in [0.15, 0.2) is 0 Å². The van der Waals surface area contributed by atoms with E-state index in [4.69, 9.17) is 0 Å². The van der Waals surface area contributed by atoms with Crippen LogP contribution < -0.4 is 16.0 Å². The van der Waals surface area contributed by atoms with Gasteiger partial charge in [0.1, 0.15) is 5.82 Å².